The molecule has 0 saturated heterocycles. The number of nitrogens with one attached hydrogen (secondary N) is 2. The highest BCUT2D eigenvalue weighted by Gasteiger charge is 2.10. The highest BCUT2D eigenvalue weighted by molar-refractivity contribution is 7.92. The molecule has 0 bridgehead atoms. The van der Waals surface area contributed by atoms with Crippen LogP contribution in [0.2, 0.25) is 0 Å². The van der Waals surface area contributed by atoms with Crippen molar-refractivity contribution >= 4 is 26.7 Å². The largest absolute Gasteiger partial charge is 0.492 e. The van der Waals surface area contributed by atoms with Gasteiger partial charge in [-0.1, -0.05) is 12.1 Å². The van der Waals surface area contributed by atoms with Crippen molar-refractivity contribution in [2.45, 2.75) is 20.0 Å². The van der Waals surface area contributed by atoms with Gasteiger partial charge in [0.05, 0.1) is 12.4 Å². The maximum absolute atomic E-state index is 11.3. The van der Waals surface area contributed by atoms with Gasteiger partial charge >= 0.3 is 0 Å². The molecule has 1 unspecified atom stereocenters. The smallest absolute Gasteiger partial charge is 0.229 e. The SMILES string of the molecule is Cc1oc2cc(OCCNCC(O)c3cccc(NS(C)(=O)=O)c3)ccc2c1C. The number of aryl methyl sites for hydroxylation is 2. The van der Waals surface area contributed by atoms with Crippen molar-refractivity contribution in [2.24, 2.45) is 0 Å². The van der Waals surface area contributed by atoms with Gasteiger partial charge in [-0.25, -0.2) is 8.42 Å². The number of anilines is 1. The number of rotatable bonds is 9. The van der Waals surface area contributed by atoms with Gasteiger partial charge in [0.15, 0.2) is 0 Å². The summed E-state index contributed by atoms with van der Waals surface area (Å²) in [5, 5.41) is 14.5. The van der Waals surface area contributed by atoms with Crippen molar-refractivity contribution < 1.29 is 22.7 Å². The lowest BCUT2D eigenvalue weighted by atomic mass is 10.1. The molecular formula is C21H26N2O5S. The predicted octanol–water partition coefficient (Wildman–Crippen LogP) is 3.12. The molecule has 156 valence electrons. The van der Waals surface area contributed by atoms with Crippen LogP contribution in [-0.2, 0) is 10.0 Å². The molecule has 3 aromatic rings. The first-order valence-electron chi connectivity index (χ1n) is 9.32. The summed E-state index contributed by atoms with van der Waals surface area (Å²) in [6, 6.07) is 12.5. The number of ether oxygens (including phenoxy) is 1. The van der Waals surface area contributed by atoms with E-state index in [-0.39, 0.29) is 0 Å². The molecule has 0 fully saturated rings. The molecule has 3 N–H and O–H groups in total. The van der Waals surface area contributed by atoms with Gasteiger partial charge in [0, 0.05) is 30.2 Å². The van der Waals surface area contributed by atoms with Crippen molar-refractivity contribution in [1.29, 1.82) is 0 Å². The predicted molar refractivity (Wildman–Crippen MR) is 114 cm³/mol. The summed E-state index contributed by atoms with van der Waals surface area (Å²) in [5.41, 5.74) is 2.99. The molecule has 2 aromatic carbocycles. The zero-order chi connectivity index (χ0) is 21.0. The van der Waals surface area contributed by atoms with E-state index in [0.717, 1.165) is 34.3 Å². The van der Waals surface area contributed by atoms with Crippen molar-refractivity contribution in [3.63, 3.8) is 0 Å². The number of benzene rings is 2. The lowest BCUT2D eigenvalue weighted by molar-refractivity contribution is 0.172. The average Bonchev–Trinajstić information content (AvgIpc) is 2.93. The maximum Gasteiger partial charge on any atom is 0.229 e. The summed E-state index contributed by atoms with van der Waals surface area (Å²) < 4.78 is 36.5. The Morgan fingerprint density at radius 3 is 2.72 bits per heavy atom. The van der Waals surface area contributed by atoms with E-state index >= 15 is 0 Å². The minimum absolute atomic E-state index is 0.321. The fourth-order valence-corrected chi connectivity index (χ4v) is 3.59. The molecule has 0 aliphatic carbocycles. The fourth-order valence-electron chi connectivity index (χ4n) is 3.04. The molecule has 1 aromatic heterocycles. The Kier molecular flexibility index (Phi) is 6.46. The quantitative estimate of drug-likeness (QED) is 0.462. The third-order valence-corrected chi connectivity index (χ3v) is 5.21. The second-order valence-electron chi connectivity index (χ2n) is 7.01. The van der Waals surface area contributed by atoms with Crippen LogP contribution in [0, 0.1) is 13.8 Å². The highest BCUT2D eigenvalue weighted by Crippen LogP contribution is 2.28. The summed E-state index contributed by atoms with van der Waals surface area (Å²) >= 11 is 0. The van der Waals surface area contributed by atoms with Gasteiger partial charge in [0.1, 0.15) is 23.7 Å². The molecule has 0 aliphatic heterocycles. The summed E-state index contributed by atoms with van der Waals surface area (Å²) in [6.45, 7) is 5.28. The number of fused-ring (bicyclic) bond motifs is 1. The minimum Gasteiger partial charge on any atom is -0.492 e. The first-order valence-corrected chi connectivity index (χ1v) is 11.2. The molecule has 0 spiro atoms. The van der Waals surface area contributed by atoms with Gasteiger partial charge in [-0.2, -0.15) is 0 Å². The summed E-state index contributed by atoms with van der Waals surface area (Å²) in [4.78, 5) is 0. The number of sulfonamides is 1. The van der Waals surface area contributed by atoms with Crippen LogP contribution in [0.3, 0.4) is 0 Å². The maximum atomic E-state index is 11.3. The topological polar surface area (TPSA) is 101 Å². The second-order valence-corrected chi connectivity index (χ2v) is 8.76. The monoisotopic (exact) mass is 418 g/mol. The summed E-state index contributed by atoms with van der Waals surface area (Å²) in [5.74, 6) is 1.64. The van der Waals surface area contributed by atoms with Crippen LogP contribution < -0.4 is 14.8 Å². The highest BCUT2D eigenvalue weighted by atomic mass is 32.2. The van der Waals surface area contributed by atoms with Crippen LogP contribution in [0.25, 0.3) is 11.0 Å². The Hall–Kier alpha value is -2.55. The van der Waals surface area contributed by atoms with Gasteiger partial charge in [0.25, 0.3) is 0 Å². The van der Waals surface area contributed by atoms with E-state index < -0.39 is 16.1 Å². The van der Waals surface area contributed by atoms with Gasteiger partial charge in [-0.3, -0.25) is 4.72 Å². The van der Waals surface area contributed by atoms with Crippen molar-refractivity contribution in [3.8, 4) is 5.75 Å². The van der Waals surface area contributed by atoms with Crippen LogP contribution in [0.1, 0.15) is 23.0 Å². The number of hydrogen-bond acceptors (Lipinski definition) is 6. The molecule has 3 rings (SSSR count). The zero-order valence-electron chi connectivity index (χ0n) is 16.7. The van der Waals surface area contributed by atoms with E-state index in [9.17, 15) is 13.5 Å². The summed E-state index contributed by atoms with van der Waals surface area (Å²) in [7, 11) is -3.36. The molecule has 1 atom stereocenters. The lowest BCUT2D eigenvalue weighted by Gasteiger charge is -2.14. The molecule has 8 heteroatoms. The molecule has 0 radical (unpaired) electrons. The molecule has 29 heavy (non-hydrogen) atoms. The van der Waals surface area contributed by atoms with E-state index in [1.165, 1.54) is 0 Å². The fraction of sp³-hybridized carbons (Fsp3) is 0.333. The van der Waals surface area contributed by atoms with E-state index in [2.05, 4.69) is 10.0 Å². The first-order chi connectivity index (χ1) is 13.7. The van der Waals surface area contributed by atoms with Crippen LogP contribution in [0.15, 0.2) is 46.9 Å². The van der Waals surface area contributed by atoms with Gasteiger partial charge in [-0.05, 0) is 49.2 Å². The van der Waals surface area contributed by atoms with Crippen molar-refractivity contribution in [2.75, 3.05) is 30.7 Å². The molecule has 1 heterocycles. The second kappa shape index (κ2) is 8.86. The van der Waals surface area contributed by atoms with E-state index in [0.29, 0.717) is 30.9 Å². The molecule has 0 amide bonds. The Morgan fingerprint density at radius 1 is 1.17 bits per heavy atom. The third-order valence-electron chi connectivity index (χ3n) is 4.61. The number of hydrogen-bond donors (Lipinski definition) is 3. The Morgan fingerprint density at radius 2 is 1.97 bits per heavy atom. The molecule has 7 nitrogen and oxygen atoms in total. The van der Waals surface area contributed by atoms with Crippen LogP contribution in [-0.4, -0.2) is 39.5 Å². The normalized spacial score (nSPS) is 12.8. The van der Waals surface area contributed by atoms with E-state index in [1.54, 1.807) is 24.3 Å². The average molecular weight is 419 g/mol. The van der Waals surface area contributed by atoms with Crippen molar-refractivity contribution in [1.82, 2.24) is 5.32 Å². The van der Waals surface area contributed by atoms with Crippen LogP contribution in [0.5, 0.6) is 5.75 Å². The molecule has 0 aliphatic rings. The summed E-state index contributed by atoms with van der Waals surface area (Å²) in [6.07, 6.45) is 0.325. The number of aliphatic hydroxyl groups is 1. The van der Waals surface area contributed by atoms with Crippen LogP contribution in [0.4, 0.5) is 5.69 Å². The van der Waals surface area contributed by atoms with Gasteiger partial charge < -0.3 is 19.6 Å². The minimum atomic E-state index is -3.36. The third kappa shape index (κ3) is 5.72. The van der Waals surface area contributed by atoms with Gasteiger partial charge in [-0.15, -0.1) is 0 Å². The Balaban J connectivity index is 1.46. The Bertz CT molecular complexity index is 1090. The standard InChI is InChI=1S/C21H26N2O5S/c1-14-15(2)28-21-12-18(7-8-19(14)21)27-10-9-22-13-20(24)16-5-4-6-17(11-16)23-29(3,25)26/h4-8,11-12,20,22-24H,9-10,13H2,1-3H3. The first kappa shape index (κ1) is 21.2. The van der Waals surface area contributed by atoms with E-state index in [1.807, 2.05) is 32.0 Å². The Labute approximate surface area is 170 Å². The van der Waals surface area contributed by atoms with Crippen molar-refractivity contribution in [3.05, 3.63) is 59.4 Å². The lowest BCUT2D eigenvalue weighted by Crippen LogP contribution is -2.26. The van der Waals surface area contributed by atoms with E-state index in [4.69, 9.17) is 9.15 Å². The molecular weight excluding hydrogens is 392 g/mol. The number of aliphatic hydroxyl groups excluding tert-OH is 1. The molecule has 0 saturated carbocycles. The zero-order valence-corrected chi connectivity index (χ0v) is 17.5. The van der Waals surface area contributed by atoms with Gasteiger partial charge in [0.2, 0.25) is 10.0 Å². The van der Waals surface area contributed by atoms with Crippen LogP contribution >= 0.6 is 0 Å². The number of furan rings is 1.